The van der Waals surface area contributed by atoms with Crippen LogP contribution in [0.3, 0.4) is 0 Å². The van der Waals surface area contributed by atoms with E-state index in [2.05, 4.69) is 4.98 Å². The first-order chi connectivity index (χ1) is 7.15. The summed E-state index contributed by atoms with van der Waals surface area (Å²) in [5, 5.41) is 0.633. The Morgan fingerprint density at radius 1 is 1.53 bits per heavy atom. The van der Waals surface area contributed by atoms with Crippen LogP contribution in [-0.4, -0.2) is 10.8 Å². The molecule has 2 rings (SSSR count). The van der Waals surface area contributed by atoms with Gasteiger partial charge in [-0.05, 0) is 25.1 Å². The molecular formula is C11H10ClNO2. The van der Waals surface area contributed by atoms with E-state index in [1.807, 2.05) is 0 Å². The minimum absolute atomic E-state index is 0.135. The van der Waals surface area contributed by atoms with Gasteiger partial charge >= 0.3 is 0 Å². The van der Waals surface area contributed by atoms with Crippen molar-refractivity contribution in [1.29, 1.82) is 0 Å². The summed E-state index contributed by atoms with van der Waals surface area (Å²) in [6.07, 6.45) is 1.00. The molecule has 0 aliphatic rings. The summed E-state index contributed by atoms with van der Waals surface area (Å²) in [4.78, 5) is 15.0. The highest BCUT2D eigenvalue weighted by Crippen LogP contribution is 2.20. The number of halogens is 1. The third-order valence-corrected chi connectivity index (χ3v) is 2.32. The Morgan fingerprint density at radius 3 is 3.07 bits per heavy atom. The van der Waals surface area contributed by atoms with Gasteiger partial charge in [-0.2, -0.15) is 0 Å². The predicted molar refractivity (Wildman–Crippen MR) is 58.0 cm³/mol. The molecule has 0 aliphatic carbocycles. The molecule has 1 heterocycles. The highest BCUT2D eigenvalue weighted by Gasteiger charge is 2.06. The number of aryl methyl sites for hydroxylation is 1. The van der Waals surface area contributed by atoms with E-state index in [1.54, 1.807) is 25.1 Å². The van der Waals surface area contributed by atoms with Crippen LogP contribution in [0, 0.1) is 0 Å². The zero-order valence-electron chi connectivity index (χ0n) is 8.29. The van der Waals surface area contributed by atoms with Gasteiger partial charge in [0.2, 0.25) is 0 Å². The summed E-state index contributed by atoms with van der Waals surface area (Å²) in [6.45, 7) is 1.56. The lowest BCUT2D eigenvalue weighted by Gasteiger charge is -1.89. The summed E-state index contributed by atoms with van der Waals surface area (Å²) >= 11 is 5.82. The van der Waals surface area contributed by atoms with E-state index in [0.29, 0.717) is 29.3 Å². The van der Waals surface area contributed by atoms with Gasteiger partial charge in [0.1, 0.15) is 11.3 Å². The monoisotopic (exact) mass is 223 g/mol. The van der Waals surface area contributed by atoms with Crippen molar-refractivity contribution in [2.24, 2.45) is 0 Å². The van der Waals surface area contributed by atoms with Gasteiger partial charge in [0.15, 0.2) is 11.5 Å². The molecule has 2 aromatic rings. The number of fused-ring (bicyclic) bond motifs is 1. The molecule has 0 N–H and O–H groups in total. The van der Waals surface area contributed by atoms with Crippen molar-refractivity contribution in [2.45, 2.75) is 19.8 Å². The zero-order valence-corrected chi connectivity index (χ0v) is 9.04. The van der Waals surface area contributed by atoms with Gasteiger partial charge in [0, 0.05) is 17.9 Å². The van der Waals surface area contributed by atoms with Crippen molar-refractivity contribution in [3.05, 3.63) is 29.1 Å². The molecule has 3 nitrogen and oxygen atoms in total. The second kappa shape index (κ2) is 4.03. The molecule has 1 aromatic heterocycles. The first kappa shape index (κ1) is 10.2. The van der Waals surface area contributed by atoms with Crippen molar-refractivity contribution in [3.63, 3.8) is 0 Å². The van der Waals surface area contributed by atoms with Crippen LogP contribution in [0.15, 0.2) is 22.6 Å². The second-order valence-corrected chi connectivity index (χ2v) is 3.86. The molecule has 4 heteroatoms. The highest BCUT2D eigenvalue weighted by molar-refractivity contribution is 6.31. The van der Waals surface area contributed by atoms with Crippen molar-refractivity contribution in [3.8, 4) is 0 Å². The van der Waals surface area contributed by atoms with Crippen LogP contribution in [0.2, 0.25) is 5.02 Å². The van der Waals surface area contributed by atoms with E-state index >= 15 is 0 Å². The molecular weight excluding hydrogens is 214 g/mol. The van der Waals surface area contributed by atoms with Gasteiger partial charge in [-0.25, -0.2) is 4.98 Å². The molecule has 15 heavy (non-hydrogen) atoms. The van der Waals surface area contributed by atoms with E-state index < -0.39 is 0 Å². The average Bonchev–Trinajstić information content (AvgIpc) is 2.56. The van der Waals surface area contributed by atoms with E-state index in [9.17, 15) is 4.79 Å². The number of aromatic nitrogens is 1. The number of benzene rings is 1. The van der Waals surface area contributed by atoms with Gasteiger partial charge in [0.25, 0.3) is 0 Å². The molecule has 0 saturated heterocycles. The lowest BCUT2D eigenvalue weighted by molar-refractivity contribution is -0.117. The maximum absolute atomic E-state index is 10.8. The van der Waals surface area contributed by atoms with Crippen LogP contribution in [-0.2, 0) is 11.2 Å². The molecule has 1 aromatic carbocycles. The molecule has 78 valence electrons. The van der Waals surface area contributed by atoms with Crippen molar-refractivity contribution < 1.29 is 9.21 Å². The van der Waals surface area contributed by atoms with Crippen molar-refractivity contribution in [1.82, 2.24) is 4.98 Å². The predicted octanol–water partition coefficient (Wildman–Crippen LogP) is 3.00. The minimum Gasteiger partial charge on any atom is -0.441 e. The molecule has 0 spiro atoms. The molecule has 0 atom stereocenters. The number of rotatable bonds is 3. The molecule has 0 fully saturated rings. The number of oxazole rings is 1. The van der Waals surface area contributed by atoms with Crippen LogP contribution in [0.5, 0.6) is 0 Å². The Kier molecular flexibility index (Phi) is 2.73. The molecule has 0 unspecified atom stereocenters. The third kappa shape index (κ3) is 2.36. The van der Waals surface area contributed by atoms with Crippen molar-refractivity contribution >= 4 is 28.5 Å². The maximum Gasteiger partial charge on any atom is 0.195 e. The first-order valence-corrected chi connectivity index (χ1v) is 5.07. The normalized spacial score (nSPS) is 10.8. The van der Waals surface area contributed by atoms with Gasteiger partial charge < -0.3 is 9.21 Å². The number of Topliss-reactive ketones (excluding diaryl/α,β-unsaturated/α-hetero) is 1. The van der Waals surface area contributed by atoms with E-state index in [4.69, 9.17) is 16.0 Å². The molecule has 0 saturated carbocycles. The lowest BCUT2D eigenvalue weighted by Crippen LogP contribution is -1.93. The molecule has 0 aliphatic heterocycles. The number of hydrogen-bond donors (Lipinski definition) is 0. The van der Waals surface area contributed by atoms with Gasteiger partial charge in [-0.15, -0.1) is 0 Å². The van der Waals surface area contributed by atoms with E-state index in [-0.39, 0.29) is 5.78 Å². The largest absolute Gasteiger partial charge is 0.441 e. The minimum atomic E-state index is 0.135. The first-order valence-electron chi connectivity index (χ1n) is 4.69. The number of hydrogen-bond acceptors (Lipinski definition) is 3. The van der Waals surface area contributed by atoms with Crippen molar-refractivity contribution in [2.75, 3.05) is 0 Å². The Hall–Kier alpha value is -1.35. The van der Waals surface area contributed by atoms with Gasteiger partial charge in [-0.3, -0.25) is 0 Å². The number of carbonyl (C=O) groups is 1. The van der Waals surface area contributed by atoms with Crippen LogP contribution in [0.4, 0.5) is 0 Å². The van der Waals surface area contributed by atoms with Crippen LogP contribution in [0.25, 0.3) is 11.1 Å². The molecule has 0 amide bonds. The number of ketones is 1. The van der Waals surface area contributed by atoms with Crippen LogP contribution < -0.4 is 0 Å². The fourth-order valence-corrected chi connectivity index (χ4v) is 1.50. The third-order valence-electron chi connectivity index (χ3n) is 2.08. The second-order valence-electron chi connectivity index (χ2n) is 3.42. The van der Waals surface area contributed by atoms with Crippen LogP contribution in [0.1, 0.15) is 19.2 Å². The average molecular weight is 224 g/mol. The zero-order chi connectivity index (χ0) is 10.8. The summed E-state index contributed by atoms with van der Waals surface area (Å²) in [5.41, 5.74) is 1.44. The Labute approximate surface area is 92.1 Å². The van der Waals surface area contributed by atoms with E-state index in [0.717, 1.165) is 5.52 Å². The summed E-state index contributed by atoms with van der Waals surface area (Å²) < 4.78 is 5.45. The van der Waals surface area contributed by atoms with Crippen LogP contribution >= 0.6 is 11.6 Å². The van der Waals surface area contributed by atoms with E-state index in [1.165, 1.54) is 0 Å². The molecule has 0 radical (unpaired) electrons. The Morgan fingerprint density at radius 2 is 2.33 bits per heavy atom. The number of carbonyl (C=O) groups excluding carboxylic acids is 1. The van der Waals surface area contributed by atoms with Gasteiger partial charge in [-0.1, -0.05) is 11.6 Å². The summed E-state index contributed by atoms with van der Waals surface area (Å²) in [6, 6.07) is 5.28. The fourth-order valence-electron chi connectivity index (χ4n) is 1.34. The lowest BCUT2D eigenvalue weighted by atomic mass is 10.2. The summed E-state index contributed by atoms with van der Waals surface area (Å²) in [5.74, 6) is 0.720. The SMILES string of the molecule is CC(=O)CCc1nc2cc(Cl)ccc2o1. The topological polar surface area (TPSA) is 43.1 Å². The highest BCUT2D eigenvalue weighted by atomic mass is 35.5. The van der Waals surface area contributed by atoms with Gasteiger partial charge in [0.05, 0.1) is 0 Å². The number of nitrogens with zero attached hydrogens (tertiary/aromatic N) is 1. The quantitative estimate of drug-likeness (QED) is 0.804. The Balaban J connectivity index is 2.27. The maximum atomic E-state index is 10.8. The fraction of sp³-hybridized carbons (Fsp3) is 0.273. The summed E-state index contributed by atoms with van der Waals surface area (Å²) in [7, 11) is 0. The standard InChI is InChI=1S/C11H10ClNO2/c1-7(14)2-5-11-13-9-6-8(12)3-4-10(9)15-11/h3-4,6H,2,5H2,1H3. The molecule has 0 bridgehead atoms. The Bertz CT molecular complexity index is 504. The smallest absolute Gasteiger partial charge is 0.195 e.